The van der Waals surface area contributed by atoms with Crippen LogP contribution in [0.4, 0.5) is 23.8 Å². The molecule has 2 unspecified atom stereocenters. The van der Waals surface area contributed by atoms with Gasteiger partial charge in [-0.25, -0.2) is 28.1 Å². The monoisotopic (exact) mass is 758 g/mol. The highest BCUT2D eigenvalue weighted by Gasteiger charge is 2.68. The van der Waals surface area contributed by atoms with Crippen LogP contribution in [-0.2, 0) is 25.8 Å². The lowest BCUT2D eigenvalue weighted by Crippen LogP contribution is -2.63. The fourth-order valence-electron chi connectivity index (χ4n) is 6.74. The highest BCUT2D eigenvalue weighted by atomic mass is 32.2. The summed E-state index contributed by atoms with van der Waals surface area (Å²) < 4.78 is 79.5. The van der Waals surface area contributed by atoms with Gasteiger partial charge in [0.2, 0.25) is 15.9 Å². The maximum absolute atomic E-state index is 14.8. The van der Waals surface area contributed by atoms with Gasteiger partial charge in [0.25, 0.3) is 11.8 Å². The van der Waals surface area contributed by atoms with Gasteiger partial charge in [0.05, 0.1) is 24.5 Å². The molecule has 0 radical (unpaired) electrons. The van der Waals surface area contributed by atoms with Crippen LogP contribution in [0.15, 0.2) is 61.4 Å². The molecule has 3 aliphatic rings. The molecule has 17 heteroatoms. The molecule has 0 spiro atoms. The van der Waals surface area contributed by atoms with Crippen molar-refractivity contribution in [3.8, 4) is 11.6 Å². The van der Waals surface area contributed by atoms with Crippen molar-refractivity contribution in [2.24, 2.45) is 11.8 Å². The van der Waals surface area contributed by atoms with E-state index in [9.17, 15) is 36.0 Å². The van der Waals surface area contributed by atoms with Crippen molar-refractivity contribution in [3.63, 3.8) is 0 Å². The molecule has 3 fully saturated rings. The third-order valence-corrected chi connectivity index (χ3v) is 11.8. The van der Waals surface area contributed by atoms with Crippen molar-refractivity contribution in [2.75, 3.05) is 19.0 Å². The van der Waals surface area contributed by atoms with Crippen molar-refractivity contribution >= 4 is 44.5 Å². The number of nitrogens with zero attached hydrogens (tertiary/aromatic N) is 4. The molecule has 2 aromatic heterocycles. The zero-order valence-corrected chi connectivity index (χ0v) is 30.4. The number of amides is 4. The number of likely N-dealkylation sites (tertiary alicyclic amines) is 1. The van der Waals surface area contributed by atoms with E-state index in [0.29, 0.717) is 42.5 Å². The molecule has 2 saturated carbocycles. The lowest BCUT2D eigenvalue weighted by atomic mass is 10.00. The zero-order valence-electron chi connectivity index (χ0n) is 29.6. The number of hydrogen-bond donors (Lipinski definition) is 2. The second-order valence-corrected chi connectivity index (χ2v) is 16.0. The number of alkyl halides is 3. The first-order valence-corrected chi connectivity index (χ1v) is 18.8. The van der Waals surface area contributed by atoms with E-state index in [1.807, 2.05) is 12.1 Å². The molecule has 5 atom stereocenters. The number of hydrogen-bond acceptors (Lipinski definition) is 10. The average Bonchev–Trinajstić information content (AvgIpc) is 4.04. The number of methoxy groups -OCH3 is 1. The largest absolute Gasteiger partial charge is 0.497 e. The average molecular weight is 759 g/mol. The Bertz CT molecular complexity index is 2030. The smallest absolute Gasteiger partial charge is 0.417 e. The van der Waals surface area contributed by atoms with Crippen LogP contribution in [-0.4, -0.2) is 88.7 Å². The fourth-order valence-corrected chi connectivity index (χ4v) is 8.10. The van der Waals surface area contributed by atoms with E-state index in [-0.39, 0.29) is 18.8 Å². The van der Waals surface area contributed by atoms with Gasteiger partial charge in [0.1, 0.15) is 29.3 Å². The summed E-state index contributed by atoms with van der Waals surface area (Å²) >= 11 is 0. The number of carbonyl (C=O) groups is 3. The van der Waals surface area contributed by atoms with Crippen LogP contribution in [0.1, 0.15) is 52.0 Å². The third kappa shape index (κ3) is 7.48. The lowest BCUT2D eigenvalue weighted by molar-refractivity contribution is -0.140. The Morgan fingerprint density at radius 2 is 1.87 bits per heavy atom. The molecule has 284 valence electrons. The van der Waals surface area contributed by atoms with Crippen LogP contribution in [0.5, 0.6) is 11.6 Å². The van der Waals surface area contributed by atoms with Gasteiger partial charge in [-0.15, -0.1) is 6.58 Å². The topological polar surface area (TPSA) is 160 Å². The number of anilines is 1. The molecule has 3 aromatic rings. The summed E-state index contributed by atoms with van der Waals surface area (Å²) in [5.41, 5.74) is -2.94. The summed E-state index contributed by atoms with van der Waals surface area (Å²) in [5, 5.41) is 3.62. The summed E-state index contributed by atoms with van der Waals surface area (Å²) in [7, 11) is -2.53. The predicted molar refractivity (Wildman–Crippen MR) is 188 cm³/mol. The minimum atomic E-state index is -4.64. The van der Waals surface area contributed by atoms with Crippen LogP contribution in [0, 0.1) is 11.8 Å². The van der Waals surface area contributed by atoms with Crippen LogP contribution in [0.3, 0.4) is 0 Å². The summed E-state index contributed by atoms with van der Waals surface area (Å²) in [4.78, 5) is 54.1. The highest BCUT2D eigenvalue weighted by molar-refractivity contribution is 7.91. The SMILES string of the molecule is C=C[C@@H]1C[C@@]1(C(=O)NS(=O)(=O)C1CC1)N(C(=O)C(Nc1ccc(C(F)(F)F)cn1)C(C)C)C(=O)N1C[C@H](Oc2nccc3cc(OC)ccc23)CC1C. The number of imide groups is 1. The summed E-state index contributed by atoms with van der Waals surface area (Å²) in [6.07, 6.45) is -0.627. The normalized spacial score (nSPS) is 23.3. The van der Waals surface area contributed by atoms with Gasteiger partial charge in [0.15, 0.2) is 0 Å². The summed E-state index contributed by atoms with van der Waals surface area (Å²) in [5.74, 6) is -2.41. The Morgan fingerprint density at radius 1 is 1.13 bits per heavy atom. The van der Waals surface area contributed by atoms with Gasteiger partial charge in [-0.05, 0) is 73.9 Å². The summed E-state index contributed by atoms with van der Waals surface area (Å²) in [6, 6.07) is 6.45. The molecule has 1 aliphatic heterocycles. The first-order valence-electron chi connectivity index (χ1n) is 17.2. The maximum Gasteiger partial charge on any atom is 0.417 e. The van der Waals surface area contributed by atoms with Gasteiger partial charge in [-0.2, -0.15) is 13.2 Å². The van der Waals surface area contributed by atoms with Gasteiger partial charge in [-0.1, -0.05) is 19.9 Å². The first-order chi connectivity index (χ1) is 25.0. The van der Waals surface area contributed by atoms with Gasteiger partial charge >= 0.3 is 12.2 Å². The molecule has 13 nitrogen and oxygen atoms in total. The molecular weight excluding hydrogens is 717 g/mol. The number of halogens is 3. The number of aromatic nitrogens is 2. The van der Waals surface area contributed by atoms with Gasteiger partial charge in [-0.3, -0.25) is 14.3 Å². The molecule has 3 heterocycles. The molecule has 2 aliphatic carbocycles. The molecule has 6 rings (SSSR count). The number of ether oxygens (including phenoxy) is 2. The quantitative estimate of drug-likeness (QED) is 0.237. The number of benzene rings is 1. The minimum Gasteiger partial charge on any atom is -0.497 e. The van der Waals surface area contributed by atoms with Gasteiger partial charge < -0.3 is 19.7 Å². The zero-order chi connectivity index (χ0) is 38.5. The van der Waals surface area contributed by atoms with E-state index < -0.39 is 80.4 Å². The standard InChI is InChI=1S/C36H41F3N6O7S/c1-6-23-17-35(23,33(47)43-53(49,50)27-9-10-27)45(32(46)30(20(2)3)42-29-12-7-24(18-41-29)36(37,38)39)34(48)44-19-26(15-21(44)4)52-31-28-11-8-25(51-5)16-22(28)13-14-40-31/h6-8,11-14,16,18,20-21,23,26-27,30H,1,9-10,15,17,19H2,2-5H3,(H,41,42)(H,43,47)/t21?,23-,26-,30?,35-/m1/s1. The van der Waals surface area contributed by atoms with E-state index >= 15 is 0 Å². The van der Waals surface area contributed by atoms with E-state index in [4.69, 9.17) is 9.47 Å². The molecule has 0 bridgehead atoms. The van der Waals surface area contributed by atoms with Crippen molar-refractivity contribution in [2.45, 2.75) is 81.6 Å². The van der Waals surface area contributed by atoms with Crippen molar-refractivity contribution in [3.05, 3.63) is 67.0 Å². The Kier molecular flexibility index (Phi) is 10.1. The van der Waals surface area contributed by atoms with Crippen LogP contribution < -0.4 is 19.5 Å². The second kappa shape index (κ2) is 14.1. The number of rotatable bonds is 12. The number of pyridine rings is 2. The van der Waals surface area contributed by atoms with E-state index in [1.165, 1.54) is 11.0 Å². The molecule has 2 N–H and O–H groups in total. The van der Waals surface area contributed by atoms with Crippen molar-refractivity contribution in [1.82, 2.24) is 24.5 Å². The van der Waals surface area contributed by atoms with Crippen LogP contribution in [0.25, 0.3) is 10.8 Å². The fraction of sp³-hybridized carbons (Fsp3) is 0.472. The molecular formula is C36H41F3N6O7S. The number of nitrogens with one attached hydrogen (secondary N) is 2. The Labute approximate surface area is 305 Å². The van der Waals surface area contributed by atoms with E-state index in [0.717, 1.165) is 22.4 Å². The summed E-state index contributed by atoms with van der Waals surface area (Å²) in [6.45, 7) is 8.85. The van der Waals surface area contributed by atoms with Crippen molar-refractivity contribution < 1.29 is 45.4 Å². The Morgan fingerprint density at radius 3 is 2.45 bits per heavy atom. The first kappa shape index (κ1) is 37.8. The highest BCUT2D eigenvalue weighted by Crippen LogP contribution is 2.51. The predicted octanol–water partition coefficient (Wildman–Crippen LogP) is 5.14. The van der Waals surface area contributed by atoms with Gasteiger partial charge in [0, 0.05) is 36.2 Å². The second-order valence-electron chi connectivity index (χ2n) is 14.1. The van der Waals surface area contributed by atoms with E-state index in [2.05, 4.69) is 26.6 Å². The van der Waals surface area contributed by atoms with Crippen molar-refractivity contribution in [1.29, 1.82) is 0 Å². The number of fused-ring (bicyclic) bond motifs is 1. The number of urea groups is 1. The number of sulfonamides is 1. The maximum atomic E-state index is 14.8. The molecule has 1 saturated heterocycles. The Hall–Kier alpha value is -4.93. The van der Waals surface area contributed by atoms with Crippen LogP contribution >= 0.6 is 0 Å². The minimum absolute atomic E-state index is 0.00490. The molecule has 53 heavy (non-hydrogen) atoms. The van der Waals surface area contributed by atoms with Crippen LogP contribution in [0.2, 0.25) is 0 Å². The lowest BCUT2D eigenvalue weighted by Gasteiger charge is -2.37. The molecule has 1 aromatic carbocycles. The van der Waals surface area contributed by atoms with E-state index in [1.54, 1.807) is 46.2 Å². The number of carbonyl (C=O) groups excluding carboxylic acids is 3. The molecule has 4 amide bonds. The third-order valence-electron chi connectivity index (χ3n) is 9.99. The Balaban J connectivity index is 1.33.